The summed E-state index contributed by atoms with van der Waals surface area (Å²) in [7, 11) is 0. The Morgan fingerprint density at radius 1 is 0.800 bits per heavy atom. The second-order valence-corrected chi connectivity index (χ2v) is 11.3. The van der Waals surface area contributed by atoms with Crippen LogP contribution in [0.15, 0.2) is 117 Å². The Morgan fingerprint density at radius 3 is 2.30 bits per heavy atom. The van der Waals surface area contributed by atoms with Crippen molar-refractivity contribution in [3.05, 3.63) is 129 Å². The number of anilines is 2. The van der Waals surface area contributed by atoms with E-state index in [1.165, 1.54) is 23.9 Å². The molecule has 6 nitrogen and oxygen atoms in total. The second-order valence-electron chi connectivity index (χ2n) is 8.38. The molecule has 202 valence electrons. The highest BCUT2D eigenvalue weighted by Gasteiger charge is 2.16. The first kappa shape index (κ1) is 29.3. The number of amides is 3. The number of nitrogens with one attached hydrogen (secondary N) is 3. The molecule has 3 N–H and O–H groups in total. The molecule has 0 saturated heterocycles. The molecule has 4 rings (SSSR count). The van der Waals surface area contributed by atoms with E-state index in [9.17, 15) is 18.8 Å². The molecule has 0 aliphatic rings. The van der Waals surface area contributed by atoms with Crippen LogP contribution in [-0.4, -0.2) is 23.5 Å². The number of carbonyl (C=O) groups is 3. The van der Waals surface area contributed by atoms with Gasteiger partial charge in [-0.1, -0.05) is 68.3 Å². The van der Waals surface area contributed by atoms with E-state index < -0.39 is 17.6 Å². The van der Waals surface area contributed by atoms with Crippen LogP contribution in [0.25, 0.3) is 6.08 Å². The molecule has 4 aromatic rings. The van der Waals surface area contributed by atoms with Gasteiger partial charge in [0.25, 0.3) is 11.8 Å². The fourth-order valence-corrected chi connectivity index (χ4v) is 5.00. The van der Waals surface area contributed by atoms with Gasteiger partial charge in [-0.25, -0.2) is 4.39 Å². The maximum atomic E-state index is 14.0. The zero-order valence-corrected chi connectivity index (χ0v) is 24.8. The summed E-state index contributed by atoms with van der Waals surface area (Å²) in [6.07, 6.45) is 1.59. The Bertz CT molecular complexity index is 1580. The van der Waals surface area contributed by atoms with Gasteiger partial charge in [-0.3, -0.25) is 14.4 Å². The van der Waals surface area contributed by atoms with Crippen molar-refractivity contribution < 1.29 is 18.8 Å². The molecule has 0 aromatic heterocycles. The molecule has 40 heavy (non-hydrogen) atoms. The van der Waals surface area contributed by atoms with E-state index >= 15 is 0 Å². The molecule has 0 bridgehead atoms. The maximum absolute atomic E-state index is 14.0. The highest BCUT2D eigenvalue weighted by atomic mass is 79.9. The number of carbonyl (C=O) groups excluding carboxylic acids is 3. The number of benzene rings is 4. The summed E-state index contributed by atoms with van der Waals surface area (Å²) in [4.78, 5) is 39.2. The first-order chi connectivity index (χ1) is 19.3. The van der Waals surface area contributed by atoms with Crippen molar-refractivity contribution in [1.82, 2.24) is 5.32 Å². The first-order valence-electron chi connectivity index (χ1n) is 11.9. The Hall–Kier alpha value is -3.73. The normalized spacial score (nSPS) is 11.0. The zero-order chi connectivity index (χ0) is 28.5. The van der Waals surface area contributed by atoms with E-state index in [4.69, 9.17) is 0 Å². The van der Waals surface area contributed by atoms with Crippen LogP contribution in [0, 0.1) is 5.82 Å². The minimum Gasteiger partial charge on any atom is -0.323 e. The van der Waals surface area contributed by atoms with Gasteiger partial charge < -0.3 is 16.0 Å². The number of hydrogen-bond acceptors (Lipinski definition) is 4. The summed E-state index contributed by atoms with van der Waals surface area (Å²) in [5.41, 5.74) is 1.75. The molecule has 4 aromatic carbocycles. The van der Waals surface area contributed by atoms with Gasteiger partial charge in [0, 0.05) is 25.1 Å². The minimum absolute atomic E-state index is 0.0358. The molecular weight excluding hydrogens is 661 g/mol. The zero-order valence-electron chi connectivity index (χ0n) is 20.8. The van der Waals surface area contributed by atoms with Crippen LogP contribution in [0.3, 0.4) is 0 Å². The highest BCUT2D eigenvalue weighted by molar-refractivity contribution is 9.10. The molecule has 0 aliphatic carbocycles. The van der Waals surface area contributed by atoms with Gasteiger partial charge in [-0.2, -0.15) is 0 Å². The number of thioether (sulfide) groups is 1. The third-order valence-corrected chi connectivity index (χ3v) is 7.34. The fraction of sp³-hybridized carbons (Fsp3) is 0.0333. The Morgan fingerprint density at radius 2 is 1.55 bits per heavy atom. The second kappa shape index (κ2) is 14.1. The summed E-state index contributed by atoms with van der Waals surface area (Å²) >= 11 is 7.84. The van der Waals surface area contributed by atoms with Crippen LogP contribution in [0.4, 0.5) is 15.8 Å². The molecule has 0 heterocycles. The molecule has 3 amide bonds. The predicted octanol–water partition coefficient (Wildman–Crippen LogP) is 7.49. The van der Waals surface area contributed by atoms with E-state index in [-0.39, 0.29) is 23.0 Å². The van der Waals surface area contributed by atoms with Crippen LogP contribution >= 0.6 is 43.6 Å². The van der Waals surface area contributed by atoms with E-state index in [1.54, 1.807) is 66.7 Å². The predicted molar refractivity (Wildman–Crippen MR) is 165 cm³/mol. The highest BCUT2D eigenvalue weighted by Crippen LogP contribution is 2.24. The fourth-order valence-electron chi connectivity index (χ4n) is 3.49. The van der Waals surface area contributed by atoms with Crippen molar-refractivity contribution in [1.29, 1.82) is 0 Å². The first-order valence-corrected chi connectivity index (χ1v) is 14.5. The SMILES string of the molecule is O=C(CSc1cccc(NC(=O)/C(=C\c2cccc(Br)c2)NC(=O)c2ccccc2)c1)Nc1ccc(Br)cc1F. The minimum atomic E-state index is -0.538. The molecule has 0 saturated carbocycles. The summed E-state index contributed by atoms with van der Waals surface area (Å²) in [5.74, 6) is -1.81. The van der Waals surface area contributed by atoms with Crippen molar-refractivity contribution in [2.75, 3.05) is 16.4 Å². The molecule has 0 aliphatic heterocycles. The smallest absolute Gasteiger partial charge is 0.272 e. The monoisotopic (exact) mass is 681 g/mol. The summed E-state index contributed by atoms with van der Waals surface area (Å²) in [6, 6.07) is 27.3. The topological polar surface area (TPSA) is 87.3 Å². The van der Waals surface area contributed by atoms with Gasteiger partial charge >= 0.3 is 0 Å². The average molecular weight is 683 g/mol. The molecule has 10 heteroatoms. The quantitative estimate of drug-likeness (QED) is 0.126. The Kier molecular flexibility index (Phi) is 10.3. The van der Waals surface area contributed by atoms with Gasteiger partial charge in [0.2, 0.25) is 5.91 Å². The maximum Gasteiger partial charge on any atom is 0.272 e. The number of halogens is 3. The van der Waals surface area contributed by atoms with E-state index in [1.807, 2.05) is 24.3 Å². The van der Waals surface area contributed by atoms with E-state index in [0.29, 0.717) is 21.3 Å². The molecule has 0 atom stereocenters. The van der Waals surface area contributed by atoms with Crippen molar-refractivity contribution in [2.45, 2.75) is 4.90 Å². The van der Waals surface area contributed by atoms with Crippen molar-refractivity contribution in [2.24, 2.45) is 0 Å². The molecule has 0 radical (unpaired) electrons. The largest absolute Gasteiger partial charge is 0.323 e. The van der Waals surface area contributed by atoms with Crippen LogP contribution in [0.1, 0.15) is 15.9 Å². The molecule has 0 spiro atoms. The Balaban J connectivity index is 1.45. The van der Waals surface area contributed by atoms with Crippen LogP contribution in [0.2, 0.25) is 0 Å². The lowest BCUT2D eigenvalue weighted by Crippen LogP contribution is -2.30. The lowest BCUT2D eigenvalue weighted by atomic mass is 10.1. The van der Waals surface area contributed by atoms with Gasteiger partial charge in [-0.05, 0) is 72.3 Å². The van der Waals surface area contributed by atoms with Gasteiger partial charge in [0.05, 0.1) is 11.4 Å². The molecule has 0 unspecified atom stereocenters. The lowest BCUT2D eigenvalue weighted by molar-refractivity contribution is -0.114. The van der Waals surface area contributed by atoms with E-state index in [2.05, 4.69) is 47.8 Å². The van der Waals surface area contributed by atoms with Crippen molar-refractivity contribution in [3.63, 3.8) is 0 Å². The average Bonchev–Trinajstić information content (AvgIpc) is 2.94. The van der Waals surface area contributed by atoms with Crippen LogP contribution in [-0.2, 0) is 9.59 Å². The summed E-state index contributed by atoms with van der Waals surface area (Å²) in [5, 5.41) is 8.07. The summed E-state index contributed by atoms with van der Waals surface area (Å²) in [6.45, 7) is 0. The van der Waals surface area contributed by atoms with Gasteiger partial charge in [-0.15, -0.1) is 11.8 Å². The molecule has 0 fully saturated rings. The van der Waals surface area contributed by atoms with Crippen LogP contribution in [0.5, 0.6) is 0 Å². The van der Waals surface area contributed by atoms with Crippen LogP contribution < -0.4 is 16.0 Å². The third kappa shape index (κ3) is 8.64. The van der Waals surface area contributed by atoms with Crippen molar-refractivity contribution in [3.8, 4) is 0 Å². The summed E-state index contributed by atoms with van der Waals surface area (Å²) < 4.78 is 15.4. The van der Waals surface area contributed by atoms with Gasteiger partial charge in [0.1, 0.15) is 11.5 Å². The van der Waals surface area contributed by atoms with Gasteiger partial charge in [0.15, 0.2) is 0 Å². The standard InChI is InChI=1S/C30H22Br2FN3O3S/c31-21-9-4-6-19(14-21)15-27(36-29(38)20-7-2-1-3-8-20)30(39)34-23-10-5-11-24(17-23)40-18-28(37)35-26-13-12-22(32)16-25(26)33/h1-17H,18H2,(H,34,39)(H,35,37)(H,36,38)/b27-15+. The Labute approximate surface area is 251 Å². The third-order valence-electron chi connectivity index (χ3n) is 5.36. The lowest BCUT2D eigenvalue weighted by Gasteiger charge is -2.12. The number of hydrogen-bond donors (Lipinski definition) is 3. The van der Waals surface area contributed by atoms with Crippen molar-refractivity contribution >= 4 is 78.8 Å². The molecular formula is C30H22Br2FN3O3S. The number of rotatable bonds is 9. The van der Waals surface area contributed by atoms with E-state index in [0.717, 1.165) is 9.37 Å².